The molecule has 1 aliphatic heterocycles. The first kappa shape index (κ1) is 12.8. The first-order valence-corrected chi connectivity index (χ1v) is 7.35. The van der Waals surface area contributed by atoms with Gasteiger partial charge in [-0.1, -0.05) is 12.8 Å². The van der Waals surface area contributed by atoms with Gasteiger partial charge in [-0.25, -0.2) is 0 Å². The number of nitrogens with one attached hydrogen (secondary N) is 1. The quantitative estimate of drug-likeness (QED) is 0.907. The van der Waals surface area contributed by atoms with Gasteiger partial charge in [0.05, 0.1) is 15.9 Å². The van der Waals surface area contributed by atoms with E-state index in [-0.39, 0.29) is 6.23 Å². The topological polar surface area (TPSA) is 50.0 Å². The molecule has 100 valence electrons. The molecule has 0 bridgehead atoms. The Labute approximate surface area is 121 Å². The summed E-state index contributed by atoms with van der Waals surface area (Å²) in [6, 6.07) is 4.84. The largest absolute Gasteiger partial charge is 0.361 e. The first-order chi connectivity index (χ1) is 9.26. The fourth-order valence-electron chi connectivity index (χ4n) is 3.11. The fourth-order valence-corrected chi connectivity index (χ4v) is 3.83. The molecule has 1 saturated carbocycles. The summed E-state index contributed by atoms with van der Waals surface area (Å²) in [5.74, 6) is 0. The van der Waals surface area contributed by atoms with E-state index in [2.05, 4.69) is 37.9 Å². The normalized spacial score (nSPS) is 22.6. The second-order valence-electron chi connectivity index (χ2n) is 5.03. The molecule has 0 aromatic carbocycles. The number of allylic oxidation sites excluding steroid dienone is 1. The first-order valence-electron chi connectivity index (χ1n) is 6.56. The van der Waals surface area contributed by atoms with Crippen molar-refractivity contribution in [1.82, 2.24) is 9.88 Å². The van der Waals surface area contributed by atoms with E-state index in [0.29, 0.717) is 11.6 Å². The molecule has 1 aliphatic carbocycles. The molecule has 2 aliphatic rings. The van der Waals surface area contributed by atoms with Crippen molar-refractivity contribution in [2.75, 3.05) is 7.11 Å². The number of hydrogen-bond acceptors (Lipinski definition) is 3. The van der Waals surface area contributed by atoms with E-state index in [4.69, 9.17) is 4.74 Å². The van der Waals surface area contributed by atoms with E-state index < -0.39 is 0 Å². The van der Waals surface area contributed by atoms with Crippen LogP contribution in [0.15, 0.2) is 16.9 Å². The van der Waals surface area contributed by atoms with Crippen LogP contribution < -0.4 is 5.32 Å². The summed E-state index contributed by atoms with van der Waals surface area (Å²) < 4.78 is 8.75. The molecule has 1 unspecified atom stereocenters. The van der Waals surface area contributed by atoms with Crippen LogP contribution in [0.25, 0.3) is 5.57 Å². The highest BCUT2D eigenvalue weighted by molar-refractivity contribution is 9.10. The lowest BCUT2D eigenvalue weighted by atomic mass is 10.1. The van der Waals surface area contributed by atoms with Crippen LogP contribution in [0.5, 0.6) is 0 Å². The molecule has 4 nitrogen and oxygen atoms in total. The predicted octanol–water partition coefficient (Wildman–Crippen LogP) is 3.48. The average Bonchev–Trinajstić information content (AvgIpc) is 3.03. The Hall–Kier alpha value is -1.25. The van der Waals surface area contributed by atoms with Crippen LogP contribution in [0.2, 0.25) is 0 Å². The third kappa shape index (κ3) is 1.99. The van der Waals surface area contributed by atoms with Crippen molar-refractivity contribution in [1.29, 1.82) is 5.26 Å². The van der Waals surface area contributed by atoms with Crippen molar-refractivity contribution in [2.45, 2.75) is 38.0 Å². The van der Waals surface area contributed by atoms with Gasteiger partial charge in [-0.3, -0.25) is 0 Å². The molecular weight excluding hydrogens is 306 g/mol. The Morgan fingerprint density at radius 3 is 2.84 bits per heavy atom. The van der Waals surface area contributed by atoms with Crippen molar-refractivity contribution >= 4 is 21.5 Å². The Kier molecular flexibility index (Phi) is 3.38. The van der Waals surface area contributed by atoms with Gasteiger partial charge in [0.15, 0.2) is 6.23 Å². The van der Waals surface area contributed by atoms with Gasteiger partial charge in [0.1, 0.15) is 6.07 Å². The highest BCUT2D eigenvalue weighted by atomic mass is 79.9. The van der Waals surface area contributed by atoms with Crippen molar-refractivity contribution in [2.24, 2.45) is 0 Å². The second-order valence-corrected chi connectivity index (χ2v) is 5.84. The number of halogens is 1. The minimum absolute atomic E-state index is 0.175. The van der Waals surface area contributed by atoms with Crippen LogP contribution in [-0.4, -0.2) is 11.7 Å². The third-order valence-corrected chi connectivity index (χ3v) is 4.59. The summed E-state index contributed by atoms with van der Waals surface area (Å²) in [6.45, 7) is 0. The van der Waals surface area contributed by atoms with Gasteiger partial charge in [0.2, 0.25) is 0 Å². The van der Waals surface area contributed by atoms with Gasteiger partial charge in [-0.2, -0.15) is 5.26 Å². The molecule has 1 N–H and O–H groups in total. The second kappa shape index (κ2) is 5.03. The van der Waals surface area contributed by atoms with Crippen LogP contribution in [0, 0.1) is 11.3 Å². The van der Waals surface area contributed by atoms with Gasteiger partial charge in [0, 0.05) is 24.9 Å². The van der Waals surface area contributed by atoms with Gasteiger partial charge in [-0.05, 0) is 34.8 Å². The van der Waals surface area contributed by atoms with E-state index >= 15 is 0 Å². The zero-order valence-corrected chi connectivity index (χ0v) is 12.4. The zero-order chi connectivity index (χ0) is 13.4. The minimum atomic E-state index is -0.175. The van der Waals surface area contributed by atoms with Gasteiger partial charge in [0.25, 0.3) is 0 Å². The molecule has 1 fully saturated rings. The van der Waals surface area contributed by atoms with E-state index in [1.54, 1.807) is 13.3 Å². The van der Waals surface area contributed by atoms with Gasteiger partial charge >= 0.3 is 0 Å². The molecule has 19 heavy (non-hydrogen) atoms. The monoisotopic (exact) mass is 321 g/mol. The fraction of sp³-hybridized carbons (Fsp3) is 0.500. The number of methoxy groups -OCH3 is 1. The maximum atomic E-state index is 9.35. The van der Waals surface area contributed by atoms with Crippen molar-refractivity contribution < 1.29 is 4.74 Å². The highest BCUT2D eigenvalue weighted by Crippen LogP contribution is 2.41. The number of ether oxygens (including phenoxy) is 1. The maximum Gasteiger partial charge on any atom is 0.155 e. The van der Waals surface area contributed by atoms with Crippen LogP contribution in [0.1, 0.15) is 49.2 Å². The molecule has 3 rings (SSSR count). The average molecular weight is 322 g/mol. The molecule has 0 radical (unpaired) electrons. The van der Waals surface area contributed by atoms with E-state index in [9.17, 15) is 5.26 Å². The van der Waals surface area contributed by atoms with Crippen molar-refractivity contribution in [3.05, 3.63) is 28.1 Å². The smallest absolute Gasteiger partial charge is 0.155 e. The molecule has 1 aromatic heterocycles. The van der Waals surface area contributed by atoms with Crippen molar-refractivity contribution in [3.8, 4) is 6.07 Å². The third-order valence-electron chi connectivity index (χ3n) is 3.98. The Morgan fingerprint density at radius 1 is 1.47 bits per heavy atom. The molecular formula is C14H16BrN3O. The SMILES string of the molecule is COC1NC=C(C#N)c2c1cc(Br)n2C1CCCC1. The van der Waals surface area contributed by atoms with E-state index in [1.165, 1.54) is 25.7 Å². The lowest BCUT2D eigenvalue weighted by Crippen LogP contribution is -2.24. The lowest BCUT2D eigenvalue weighted by Gasteiger charge is -2.24. The Balaban J connectivity index is 2.14. The Morgan fingerprint density at radius 2 is 2.21 bits per heavy atom. The van der Waals surface area contributed by atoms with E-state index in [1.807, 2.05) is 0 Å². The lowest BCUT2D eigenvalue weighted by molar-refractivity contribution is 0.0845. The van der Waals surface area contributed by atoms with Crippen LogP contribution >= 0.6 is 15.9 Å². The van der Waals surface area contributed by atoms with Gasteiger partial charge in [-0.15, -0.1) is 0 Å². The number of nitriles is 1. The molecule has 5 heteroatoms. The summed E-state index contributed by atoms with van der Waals surface area (Å²) in [5, 5.41) is 12.5. The summed E-state index contributed by atoms with van der Waals surface area (Å²) in [7, 11) is 1.67. The molecule has 0 amide bonds. The Bertz CT molecular complexity index is 564. The summed E-state index contributed by atoms with van der Waals surface area (Å²) in [4.78, 5) is 0. The molecule has 1 aromatic rings. The number of rotatable bonds is 2. The minimum Gasteiger partial charge on any atom is -0.361 e. The molecule has 2 heterocycles. The number of aromatic nitrogens is 1. The maximum absolute atomic E-state index is 9.35. The van der Waals surface area contributed by atoms with E-state index in [0.717, 1.165) is 15.9 Å². The van der Waals surface area contributed by atoms with Crippen LogP contribution in [-0.2, 0) is 4.74 Å². The summed E-state index contributed by atoms with van der Waals surface area (Å²) in [6.07, 6.45) is 6.48. The van der Waals surface area contributed by atoms with Gasteiger partial charge < -0.3 is 14.6 Å². The molecule has 0 spiro atoms. The highest BCUT2D eigenvalue weighted by Gasteiger charge is 2.30. The molecule has 0 saturated heterocycles. The zero-order valence-electron chi connectivity index (χ0n) is 10.8. The standard InChI is InChI=1S/C14H16BrN3O/c1-19-14-11-6-12(15)18(10-4-2-3-5-10)13(11)9(7-16)8-17-14/h6,8,10,14,17H,2-5H2,1H3. The molecule has 1 atom stereocenters. The summed E-state index contributed by atoms with van der Waals surface area (Å²) >= 11 is 3.64. The van der Waals surface area contributed by atoms with Crippen LogP contribution in [0.4, 0.5) is 0 Å². The number of nitrogens with zero attached hydrogens (tertiary/aromatic N) is 2. The predicted molar refractivity (Wildman–Crippen MR) is 76.1 cm³/mol. The summed E-state index contributed by atoms with van der Waals surface area (Å²) in [5.41, 5.74) is 2.73. The van der Waals surface area contributed by atoms with Crippen LogP contribution in [0.3, 0.4) is 0 Å². The van der Waals surface area contributed by atoms with Crippen molar-refractivity contribution in [3.63, 3.8) is 0 Å². The number of hydrogen-bond donors (Lipinski definition) is 1. The number of fused-ring (bicyclic) bond motifs is 1.